The van der Waals surface area contributed by atoms with Gasteiger partial charge in [0, 0.05) is 23.5 Å². The number of sulfonamides is 1. The first kappa shape index (κ1) is 23.8. The van der Waals surface area contributed by atoms with Crippen LogP contribution in [0.15, 0.2) is 70.0 Å². The van der Waals surface area contributed by atoms with E-state index in [0.29, 0.717) is 23.8 Å². The minimum absolute atomic E-state index is 0.194. The van der Waals surface area contributed by atoms with Crippen molar-refractivity contribution < 1.29 is 13.2 Å². The molecule has 0 N–H and O–H groups in total. The fourth-order valence-corrected chi connectivity index (χ4v) is 7.04. The number of fused-ring (bicyclic) bond motifs is 1. The van der Waals surface area contributed by atoms with Crippen LogP contribution in [0.1, 0.15) is 40.1 Å². The summed E-state index contributed by atoms with van der Waals surface area (Å²) in [6.07, 6.45) is 4.42. The van der Waals surface area contributed by atoms with Crippen LogP contribution in [0.25, 0.3) is 10.2 Å². The smallest absolute Gasteiger partial charge is 0.267 e. The van der Waals surface area contributed by atoms with E-state index in [9.17, 15) is 13.2 Å². The summed E-state index contributed by atoms with van der Waals surface area (Å²) >= 11 is 2.90. The number of piperidine rings is 1. The number of hydrogen-bond donors (Lipinski definition) is 0. The molecule has 1 fully saturated rings. The molecule has 0 atom stereocenters. The standard InChI is InChI=1S/C25H24N4O3S3/c1-18-7-12-22-23(16-18)34-25(27-22)29(26-17-20-6-5-15-33-20)24(30)19-8-10-21(11-9-19)35(31,32)28-13-3-2-4-14-28/h5-12,15-17H,2-4,13-14H2,1H3/b26-17+. The van der Waals surface area contributed by atoms with Gasteiger partial charge in [0.05, 0.1) is 21.3 Å². The second-order valence-electron chi connectivity index (χ2n) is 8.33. The van der Waals surface area contributed by atoms with Crippen LogP contribution < -0.4 is 5.01 Å². The predicted molar refractivity (Wildman–Crippen MR) is 142 cm³/mol. The third-order valence-electron chi connectivity index (χ3n) is 5.80. The van der Waals surface area contributed by atoms with E-state index in [1.54, 1.807) is 18.3 Å². The van der Waals surface area contributed by atoms with Crippen LogP contribution in [0.4, 0.5) is 5.13 Å². The van der Waals surface area contributed by atoms with E-state index >= 15 is 0 Å². The first-order valence-corrected chi connectivity index (χ1v) is 14.4. The maximum atomic E-state index is 13.5. The third kappa shape index (κ3) is 5.06. The number of thiazole rings is 1. The van der Waals surface area contributed by atoms with Gasteiger partial charge in [0.1, 0.15) is 0 Å². The largest absolute Gasteiger partial charge is 0.280 e. The number of amides is 1. The second-order valence-corrected chi connectivity index (χ2v) is 12.3. The molecule has 0 saturated carbocycles. The number of hydrazone groups is 1. The van der Waals surface area contributed by atoms with Crippen molar-refractivity contribution in [3.63, 3.8) is 0 Å². The molecule has 2 aromatic heterocycles. The van der Waals surface area contributed by atoms with E-state index in [2.05, 4.69) is 10.1 Å². The maximum absolute atomic E-state index is 13.5. The summed E-state index contributed by atoms with van der Waals surface area (Å²) in [5.74, 6) is -0.379. The van der Waals surface area contributed by atoms with Crippen LogP contribution >= 0.6 is 22.7 Å². The SMILES string of the molecule is Cc1ccc2nc(N(/N=C/c3cccs3)C(=O)c3ccc(S(=O)(=O)N4CCCCC4)cc3)sc2c1. The first-order chi connectivity index (χ1) is 16.9. The molecule has 35 heavy (non-hydrogen) atoms. The third-order valence-corrected chi connectivity index (χ3v) is 9.52. The lowest BCUT2D eigenvalue weighted by Gasteiger charge is -2.25. The zero-order chi connectivity index (χ0) is 24.4. The van der Waals surface area contributed by atoms with Gasteiger partial charge in [-0.25, -0.2) is 13.4 Å². The molecule has 7 nitrogen and oxygen atoms in total. The molecule has 0 aliphatic carbocycles. The normalized spacial score (nSPS) is 15.1. The maximum Gasteiger partial charge on any atom is 0.280 e. The lowest BCUT2D eigenvalue weighted by Crippen LogP contribution is -2.35. The van der Waals surface area contributed by atoms with E-state index in [4.69, 9.17) is 0 Å². The van der Waals surface area contributed by atoms with Gasteiger partial charge >= 0.3 is 0 Å². The van der Waals surface area contributed by atoms with Gasteiger partial charge in [0.15, 0.2) is 0 Å². The highest BCUT2D eigenvalue weighted by Crippen LogP contribution is 2.31. The summed E-state index contributed by atoms with van der Waals surface area (Å²) in [5, 5.41) is 8.14. The lowest BCUT2D eigenvalue weighted by molar-refractivity contribution is 0.0987. The number of rotatable bonds is 6. The quantitative estimate of drug-likeness (QED) is 0.246. The molecule has 0 bridgehead atoms. The van der Waals surface area contributed by atoms with Gasteiger partial charge in [-0.3, -0.25) is 4.79 Å². The van der Waals surface area contributed by atoms with E-state index in [-0.39, 0.29) is 10.8 Å². The van der Waals surface area contributed by atoms with Crippen molar-refractivity contribution in [3.8, 4) is 0 Å². The number of carbonyl (C=O) groups excluding carboxylic acids is 1. The summed E-state index contributed by atoms with van der Waals surface area (Å²) < 4.78 is 28.5. The van der Waals surface area contributed by atoms with Crippen molar-refractivity contribution in [1.82, 2.24) is 9.29 Å². The molecule has 180 valence electrons. The van der Waals surface area contributed by atoms with Gasteiger partial charge in [-0.15, -0.1) is 11.3 Å². The van der Waals surface area contributed by atoms with Crippen LogP contribution in [0.2, 0.25) is 0 Å². The molecule has 1 amide bonds. The van der Waals surface area contributed by atoms with Crippen molar-refractivity contribution in [2.45, 2.75) is 31.1 Å². The molecule has 1 aliphatic heterocycles. The Morgan fingerprint density at radius 1 is 1.09 bits per heavy atom. The molecular weight excluding hydrogens is 501 g/mol. The minimum atomic E-state index is -3.57. The number of benzene rings is 2. The number of aryl methyl sites for hydroxylation is 1. The van der Waals surface area contributed by atoms with E-state index < -0.39 is 10.0 Å². The van der Waals surface area contributed by atoms with Crippen LogP contribution in [0, 0.1) is 6.92 Å². The zero-order valence-electron chi connectivity index (χ0n) is 19.1. The molecule has 4 aromatic rings. The Labute approximate surface area is 212 Å². The fraction of sp³-hybridized carbons (Fsp3) is 0.240. The predicted octanol–water partition coefficient (Wildman–Crippen LogP) is 5.52. The van der Waals surface area contributed by atoms with Crippen molar-refractivity contribution >= 4 is 60.2 Å². The average Bonchev–Trinajstić information content (AvgIpc) is 3.54. The Balaban J connectivity index is 1.47. The Morgan fingerprint density at radius 3 is 2.57 bits per heavy atom. The molecule has 1 saturated heterocycles. The van der Waals surface area contributed by atoms with Gasteiger partial charge in [0.2, 0.25) is 15.2 Å². The van der Waals surface area contributed by atoms with Crippen molar-refractivity contribution in [2.24, 2.45) is 5.10 Å². The van der Waals surface area contributed by atoms with Gasteiger partial charge < -0.3 is 0 Å². The number of thiophene rings is 1. The fourth-order valence-electron chi connectivity index (χ4n) is 3.92. The van der Waals surface area contributed by atoms with Crippen LogP contribution in [-0.2, 0) is 10.0 Å². The molecule has 3 heterocycles. The van der Waals surface area contributed by atoms with Crippen molar-refractivity contribution in [1.29, 1.82) is 0 Å². The number of hydrogen-bond acceptors (Lipinski definition) is 7. The summed E-state index contributed by atoms with van der Waals surface area (Å²) in [4.78, 5) is 19.3. The highest BCUT2D eigenvalue weighted by molar-refractivity contribution is 7.89. The van der Waals surface area contributed by atoms with Crippen LogP contribution in [-0.4, -0.2) is 42.9 Å². The summed E-state index contributed by atoms with van der Waals surface area (Å²) in [7, 11) is -3.57. The molecule has 1 aliphatic rings. The molecule has 5 rings (SSSR count). The summed E-state index contributed by atoms with van der Waals surface area (Å²) in [5.41, 5.74) is 2.24. The average molecular weight is 525 g/mol. The monoisotopic (exact) mass is 524 g/mol. The highest BCUT2D eigenvalue weighted by Gasteiger charge is 2.27. The molecule has 10 heteroatoms. The number of anilines is 1. The van der Waals surface area contributed by atoms with E-state index in [0.717, 1.165) is 39.9 Å². The molecule has 0 unspecified atom stereocenters. The molecule has 0 radical (unpaired) electrons. The van der Waals surface area contributed by atoms with Crippen LogP contribution in [0.5, 0.6) is 0 Å². The topological polar surface area (TPSA) is 82.9 Å². The van der Waals surface area contributed by atoms with Gasteiger partial charge in [-0.2, -0.15) is 14.4 Å². The minimum Gasteiger partial charge on any atom is -0.267 e. The number of nitrogens with zero attached hydrogens (tertiary/aromatic N) is 4. The van der Waals surface area contributed by atoms with Crippen molar-refractivity contribution in [2.75, 3.05) is 18.1 Å². The van der Waals surface area contributed by atoms with Gasteiger partial charge in [-0.1, -0.05) is 29.9 Å². The second kappa shape index (κ2) is 9.98. The van der Waals surface area contributed by atoms with E-state index in [1.807, 2.05) is 42.6 Å². The van der Waals surface area contributed by atoms with Gasteiger partial charge in [0.25, 0.3) is 5.91 Å². The number of aromatic nitrogens is 1. The molecule has 0 spiro atoms. The summed E-state index contributed by atoms with van der Waals surface area (Å²) in [6, 6.07) is 15.9. The molecular formula is C25H24N4O3S3. The Bertz CT molecular complexity index is 1470. The van der Waals surface area contributed by atoms with E-state index in [1.165, 1.54) is 44.1 Å². The van der Waals surface area contributed by atoms with Gasteiger partial charge in [-0.05, 0) is 73.2 Å². The Hall–Kier alpha value is -2.92. The highest BCUT2D eigenvalue weighted by atomic mass is 32.2. The number of carbonyl (C=O) groups is 1. The Morgan fingerprint density at radius 2 is 1.86 bits per heavy atom. The molecule has 2 aromatic carbocycles. The van der Waals surface area contributed by atoms with Crippen molar-refractivity contribution in [3.05, 3.63) is 76.0 Å². The Kier molecular flexibility index (Phi) is 6.79. The lowest BCUT2D eigenvalue weighted by atomic mass is 10.2. The first-order valence-electron chi connectivity index (χ1n) is 11.3. The zero-order valence-corrected chi connectivity index (χ0v) is 21.6. The summed E-state index contributed by atoms with van der Waals surface area (Å²) in [6.45, 7) is 3.08. The van der Waals surface area contributed by atoms with Crippen LogP contribution in [0.3, 0.4) is 0 Å².